The Morgan fingerprint density at radius 3 is 2.69 bits per heavy atom. The van der Waals surface area contributed by atoms with Gasteiger partial charge in [-0.2, -0.15) is 18.6 Å². The molecule has 0 unspecified atom stereocenters. The second kappa shape index (κ2) is 4.69. The van der Waals surface area contributed by atoms with E-state index in [1.807, 2.05) is 0 Å². The third kappa shape index (κ3) is 3.31. The van der Waals surface area contributed by atoms with E-state index in [1.54, 1.807) is 6.92 Å². The van der Waals surface area contributed by atoms with Crippen LogP contribution in [0.3, 0.4) is 0 Å². The molecule has 5 heteroatoms. The van der Waals surface area contributed by atoms with E-state index >= 15 is 0 Å². The largest absolute Gasteiger partial charge is 0.334 e. The van der Waals surface area contributed by atoms with Crippen molar-refractivity contribution in [2.45, 2.75) is 27.3 Å². The molecule has 0 saturated heterocycles. The summed E-state index contributed by atoms with van der Waals surface area (Å²) in [6, 6.07) is 0. The zero-order chi connectivity index (χ0) is 9.14. The maximum absolute atomic E-state index is 12.0. The van der Waals surface area contributed by atoms with Gasteiger partial charge in [0, 0.05) is 6.42 Å². The number of hydrogen-bond acceptors (Lipinski definition) is 2. The van der Waals surface area contributed by atoms with Crippen LogP contribution >= 0.6 is 0 Å². The molecule has 0 spiro atoms. The van der Waals surface area contributed by atoms with Crippen LogP contribution < -0.4 is 0 Å². The van der Waals surface area contributed by atoms with Crippen LogP contribution in [-0.2, 0) is 6.42 Å². The zero-order valence-electron chi connectivity index (χ0n) is 6.67. The lowest BCUT2D eigenvalue weighted by Gasteiger charge is -1.94. The van der Waals surface area contributed by atoms with E-state index in [4.69, 9.17) is 0 Å². The van der Waals surface area contributed by atoms with Crippen LogP contribution in [0.25, 0.3) is 0 Å². The normalized spacial score (nSPS) is 9.85. The van der Waals surface area contributed by atoms with Gasteiger partial charge in [0.2, 0.25) is 0 Å². The average molecular weight is 189 g/mol. The van der Waals surface area contributed by atoms with E-state index in [-0.39, 0.29) is 7.43 Å². The highest BCUT2D eigenvalue weighted by atomic mass is 19.3. The monoisotopic (exact) mass is 189 g/mol. The molecule has 0 aliphatic heterocycles. The molecule has 1 aromatic heterocycles. The summed E-state index contributed by atoms with van der Waals surface area (Å²) in [7, 11) is 0. The van der Waals surface area contributed by atoms with Crippen molar-refractivity contribution in [1.29, 1.82) is 0 Å². The molecule has 0 atom stereocenters. The first-order valence-corrected chi connectivity index (χ1v) is 3.42. The summed E-state index contributed by atoms with van der Waals surface area (Å²) in [5.74, 6) is 0.378. The summed E-state index contributed by atoms with van der Waals surface area (Å²) < 4.78 is 24.4. The van der Waals surface area contributed by atoms with Crippen molar-refractivity contribution in [3.05, 3.63) is 24.3 Å². The smallest absolute Gasteiger partial charge is 0.219 e. The van der Waals surface area contributed by atoms with Gasteiger partial charge in [-0.1, -0.05) is 19.6 Å². The van der Waals surface area contributed by atoms with Gasteiger partial charge < -0.3 is 0 Å². The summed E-state index contributed by atoms with van der Waals surface area (Å²) in [5, 5.41) is 3.54. The van der Waals surface area contributed by atoms with Crippen LogP contribution in [0.15, 0.2) is 18.5 Å². The van der Waals surface area contributed by atoms with Gasteiger partial charge in [0.05, 0.1) is 0 Å². The van der Waals surface area contributed by atoms with Gasteiger partial charge in [-0.3, -0.25) is 0 Å². The summed E-state index contributed by atoms with van der Waals surface area (Å²) in [4.78, 5) is 3.69. The van der Waals surface area contributed by atoms with Gasteiger partial charge in [0.25, 0.3) is 0 Å². The third-order valence-corrected chi connectivity index (χ3v) is 1.22. The predicted octanol–water partition coefficient (Wildman–Crippen LogP) is 2.43. The molecule has 1 aromatic rings. The SMILES string of the molecule is C.C=C(C)Cc1ncn(C(F)F)n1. The first-order valence-electron chi connectivity index (χ1n) is 3.42. The fourth-order valence-corrected chi connectivity index (χ4v) is 0.756. The van der Waals surface area contributed by atoms with Gasteiger partial charge in [0.1, 0.15) is 6.33 Å². The predicted molar refractivity (Wildman–Crippen MR) is 46.5 cm³/mol. The van der Waals surface area contributed by atoms with E-state index in [2.05, 4.69) is 16.7 Å². The van der Waals surface area contributed by atoms with Crippen molar-refractivity contribution < 1.29 is 8.78 Å². The van der Waals surface area contributed by atoms with Crippen LogP contribution in [0, 0.1) is 0 Å². The average Bonchev–Trinajstić information content (AvgIpc) is 2.34. The number of hydrogen-bond donors (Lipinski definition) is 0. The Balaban J connectivity index is 0.00000144. The molecule has 0 N–H and O–H groups in total. The first-order chi connectivity index (χ1) is 5.59. The highest BCUT2D eigenvalue weighted by Crippen LogP contribution is 2.07. The molecule has 13 heavy (non-hydrogen) atoms. The van der Waals surface area contributed by atoms with E-state index in [1.165, 1.54) is 0 Å². The Hall–Kier alpha value is -1.26. The van der Waals surface area contributed by atoms with Crippen molar-refractivity contribution in [1.82, 2.24) is 14.8 Å². The van der Waals surface area contributed by atoms with E-state index < -0.39 is 6.55 Å². The zero-order valence-corrected chi connectivity index (χ0v) is 6.67. The lowest BCUT2D eigenvalue weighted by atomic mass is 10.2. The van der Waals surface area contributed by atoms with Crippen LogP contribution in [0.5, 0.6) is 0 Å². The second-order valence-electron chi connectivity index (χ2n) is 2.55. The van der Waals surface area contributed by atoms with Gasteiger partial charge in [-0.25, -0.2) is 4.98 Å². The lowest BCUT2D eigenvalue weighted by Crippen LogP contribution is -1.99. The first kappa shape index (κ1) is 11.7. The fraction of sp³-hybridized carbons (Fsp3) is 0.500. The van der Waals surface area contributed by atoms with E-state index in [0.29, 0.717) is 16.9 Å². The minimum Gasteiger partial charge on any atom is -0.219 e. The molecule has 0 bridgehead atoms. The standard InChI is InChI=1S/C7H9F2N3.CH4/c1-5(2)3-6-10-4-12(11-6)7(8)9;/h4,7H,1,3H2,2H3;1H4. The highest BCUT2D eigenvalue weighted by molar-refractivity contribution is 5.00. The quantitative estimate of drug-likeness (QED) is 0.683. The number of rotatable bonds is 3. The molecular weight excluding hydrogens is 176 g/mol. The van der Waals surface area contributed by atoms with Crippen LogP contribution in [0.1, 0.15) is 26.7 Å². The van der Waals surface area contributed by atoms with Crippen LogP contribution in [0.2, 0.25) is 0 Å². The minimum absolute atomic E-state index is 0. The minimum atomic E-state index is -2.61. The maximum atomic E-state index is 12.0. The van der Waals surface area contributed by atoms with Crippen LogP contribution in [0.4, 0.5) is 8.78 Å². The summed E-state index contributed by atoms with van der Waals surface area (Å²) in [6.07, 6.45) is 1.46. The molecule has 0 amide bonds. The maximum Gasteiger partial charge on any atom is 0.334 e. The Bertz CT molecular complexity index is 281. The van der Waals surface area contributed by atoms with E-state index in [9.17, 15) is 8.78 Å². The Morgan fingerprint density at radius 1 is 1.69 bits per heavy atom. The van der Waals surface area contributed by atoms with Crippen molar-refractivity contribution >= 4 is 0 Å². The highest BCUT2D eigenvalue weighted by Gasteiger charge is 2.07. The number of nitrogens with zero attached hydrogens (tertiary/aromatic N) is 3. The Labute approximate surface area is 76.1 Å². The summed E-state index contributed by atoms with van der Waals surface area (Å²) in [5.41, 5.74) is 0.849. The number of halogens is 2. The molecule has 74 valence electrons. The van der Waals surface area contributed by atoms with Gasteiger partial charge in [-0.05, 0) is 6.92 Å². The van der Waals surface area contributed by atoms with E-state index in [0.717, 1.165) is 11.9 Å². The summed E-state index contributed by atoms with van der Waals surface area (Å²) in [6.45, 7) is 2.81. The van der Waals surface area contributed by atoms with Gasteiger partial charge in [-0.15, -0.1) is 0 Å². The molecule has 0 fully saturated rings. The number of aromatic nitrogens is 3. The molecular formula is C8H13F2N3. The number of alkyl halides is 2. The van der Waals surface area contributed by atoms with Gasteiger partial charge in [0.15, 0.2) is 5.82 Å². The fourth-order valence-electron chi connectivity index (χ4n) is 0.756. The topological polar surface area (TPSA) is 30.7 Å². The molecule has 0 aliphatic rings. The molecule has 0 saturated carbocycles. The summed E-state index contributed by atoms with van der Waals surface area (Å²) >= 11 is 0. The van der Waals surface area contributed by atoms with Crippen molar-refractivity contribution in [3.8, 4) is 0 Å². The third-order valence-electron chi connectivity index (χ3n) is 1.22. The molecule has 0 radical (unpaired) electrons. The Morgan fingerprint density at radius 2 is 2.31 bits per heavy atom. The molecule has 1 heterocycles. The van der Waals surface area contributed by atoms with Gasteiger partial charge >= 0.3 is 6.55 Å². The Kier molecular flexibility index (Phi) is 4.23. The molecule has 0 aromatic carbocycles. The molecule has 0 aliphatic carbocycles. The molecule has 3 nitrogen and oxygen atoms in total. The van der Waals surface area contributed by atoms with Crippen molar-refractivity contribution in [3.63, 3.8) is 0 Å². The van der Waals surface area contributed by atoms with Crippen molar-refractivity contribution in [2.24, 2.45) is 0 Å². The lowest BCUT2D eigenvalue weighted by molar-refractivity contribution is 0.0559. The molecule has 1 rings (SSSR count). The second-order valence-corrected chi connectivity index (χ2v) is 2.55. The van der Waals surface area contributed by atoms with Crippen LogP contribution in [-0.4, -0.2) is 14.8 Å². The van der Waals surface area contributed by atoms with Crippen molar-refractivity contribution in [2.75, 3.05) is 0 Å². The number of allylic oxidation sites excluding steroid dienone is 1.